The van der Waals surface area contributed by atoms with E-state index in [0.717, 1.165) is 11.4 Å². The lowest BCUT2D eigenvalue weighted by molar-refractivity contribution is -0.110. The van der Waals surface area contributed by atoms with E-state index in [4.69, 9.17) is 0 Å². The van der Waals surface area contributed by atoms with Crippen LogP contribution >= 0.6 is 11.8 Å². The Hall–Kier alpha value is -0.830. The predicted octanol–water partition coefficient (Wildman–Crippen LogP) is 2.56. The largest absolute Gasteiger partial charge is 0.287 e. The minimum Gasteiger partial charge on any atom is -0.287 e. The third-order valence-electron chi connectivity index (χ3n) is 1.62. The van der Waals surface area contributed by atoms with Crippen molar-refractivity contribution in [2.24, 2.45) is 0 Å². The molecule has 0 N–H and O–H groups in total. The number of rotatable bonds is 3. The predicted molar refractivity (Wildman–Crippen MR) is 55.6 cm³/mol. The summed E-state index contributed by atoms with van der Waals surface area (Å²) in [7, 11) is 0. The van der Waals surface area contributed by atoms with E-state index >= 15 is 0 Å². The standard InChI is InChI=1S/C10H13NOS/c1-3-10(12)13-7-9-6-4-5-8(2)11-9/h4-6H,3,7H2,1-2H3. The Kier molecular flexibility index (Phi) is 3.96. The first-order valence-electron chi connectivity index (χ1n) is 4.30. The molecule has 0 unspecified atom stereocenters. The molecule has 0 aromatic carbocycles. The zero-order chi connectivity index (χ0) is 9.68. The van der Waals surface area contributed by atoms with Crippen molar-refractivity contribution in [3.63, 3.8) is 0 Å². The summed E-state index contributed by atoms with van der Waals surface area (Å²) in [5.74, 6) is 0.689. The quantitative estimate of drug-likeness (QED) is 0.742. The Morgan fingerprint density at radius 3 is 2.92 bits per heavy atom. The van der Waals surface area contributed by atoms with Gasteiger partial charge in [0.1, 0.15) is 0 Å². The molecule has 0 aliphatic rings. The van der Waals surface area contributed by atoms with Crippen LogP contribution in [0, 0.1) is 6.92 Å². The summed E-state index contributed by atoms with van der Waals surface area (Å²) < 4.78 is 0. The highest BCUT2D eigenvalue weighted by molar-refractivity contribution is 8.12. The summed E-state index contributed by atoms with van der Waals surface area (Å²) in [6.07, 6.45) is 0.594. The molecule has 1 rings (SSSR count). The van der Waals surface area contributed by atoms with Crippen molar-refractivity contribution in [2.75, 3.05) is 0 Å². The first kappa shape index (κ1) is 10.3. The second-order valence-corrected chi connectivity index (χ2v) is 3.82. The van der Waals surface area contributed by atoms with Gasteiger partial charge in [0.05, 0.1) is 5.69 Å². The maximum absolute atomic E-state index is 11.0. The highest BCUT2D eigenvalue weighted by atomic mass is 32.2. The van der Waals surface area contributed by atoms with Gasteiger partial charge in [-0.25, -0.2) is 0 Å². The molecule has 0 fully saturated rings. The minimum atomic E-state index is 0.225. The Morgan fingerprint density at radius 1 is 1.54 bits per heavy atom. The molecule has 13 heavy (non-hydrogen) atoms. The van der Waals surface area contributed by atoms with Gasteiger partial charge >= 0.3 is 0 Å². The maximum Gasteiger partial charge on any atom is 0.189 e. The second kappa shape index (κ2) is 5.02. The van der Waals surface area contributed by atoms with Crippen molar-refractivity contribution in [3.8, 4) is 0 Å². The molecule has 0 aliphatic carbocycles. The van der Waals surface area contributed by atoms with Crippen LogP contribution in [0.2, 0.25) is 0 Å². The molecule has 2 nitrogen and oxygen atoms in total. The van der Waals surface area contributed by atoms with Crippen LogP contribution in [0.3, 0.4) is 0 Å². The minimum absolute atomic E-state index is 0.225. The maximum atomic E-state index is 11.0. The summed E-state index contributed by atoms with van der Waals surface area (Å²) in [5, 5.41) is 0.225. The molecule has 0 spiro atoms. The molecule has 0 bridgehead atoms. The number of nitrogens with zero attached hydrogens (tertiary/aromatic N) is 1. The Labute approximate surface area is 82.8 Å². The summed E-state index contributed by atoms with van der Waals surface area (Å²) in [6.45, 7) is 3.83. The van der Waals surface area contributed by atoms with Gasteiger partial charge in [0, 0.05) is 17.9 Å². The van der Waals surface area contributed by atoms with Crippen LogP contribution in [0.15, 0.2) is 18.2 Å². The smallest absolute Gasteiger partial charge is 0.189 e. The van der Waals surface area contributed by atoms with Crippen LogP contribution in [0.25, 0.3) is 0 Å². The fraction of sp³-hybridized carbons (Fsp3) is 0.400. The molecule has 0 saturated heterocycles. The summed E-state index contributed by atoms with van der Waals surface area (Å²) >= 11 is 1.34. The fourth-order valence-corrected chi connectivity index (χ4v) is 1.61. The van der Waals surface area contributed by atoms with Gasteiger partial charge in [-0.05, 0) is 19.1 Å². The van der Waals surface area contributed by atoms with Gasteiger partial charge in [-0.2, -0.15) is 0 Å². The zero-order valence-corrected chi connectivity index (χ0v) is 8.73. The summed E-state index contributed by atoms with van der Waals surface area (Å²) in [5.41, 5.74) is 1.98. The van der Waals surface area contributed by atoms with Gasteiger partial charge in [-0.1, -0.05) is 24.8 Å². The Bertz CT molecular complexity index is 299. The number of carbonyl (C=O) groups excluding carboxylic acids is 1. The van der Waals surface area contributed by atoms with Gasteiger partial charge in [0.25, 0.3) is 0 Å². The number of carbonyl (C=O) groups is 1. The molecule has 70 valence electrons. The summed E-state index contributed by atoms with van der Waals surface area (Å²) in [6, 6.07) is 5.87. The third kappa shape index (κ3) is 3.59. The molecule has 0 amide bonds. The van der Waals surface area contributed by atoms with E-state index in [0.29, 0.717) is 12.2 Å². The van der Waals surface area contributed by atoms with Crippen LogP contribution < -0.4 is 0 Å². The summed E-state index contributed by atoms with van der Waals surface area (Å²) in [4.78, 5) is 15.3. The van der Waals surface area contributed by atoms with Gasteiger partial charge in [-0.15, -0.1) is 0 Å². The van der Waals surface area contributed by atoms with Crippen molar-refractivity contribution < 1.29 is 4.79 Å². The van der Waals surface area contributed by atoms with Crippen LogP contribution in [0.1, 0.15) is 24.7 Å². The number of hydrogen-bond acceptors (Lipinski definition) is 3. The number of thioether (sulfide) groups is 1. The van der Waals surface area contributed by atoms with E-state index in [9.17, 15) is 4.79 Å². The van der Waals surface area contributed by atoms with E-state index in [-0.39, 0.29) is 5.12 Å². The van der Waals surface area contributed by atoms with Crippen LogP contribution in [0.5, 0.6) is 0 Å². The van der Waals surface area contributed by atoms with Crippen molar-refractivity contribution in [3.05, 3.63) is 29.6 Å². The zero-order valence-electron chi connectivity index (χ0n) is 7.91. The first-order valence-corrected chi connectivity index (χ1v) is 5.29. The number of pyridine rings is 1. The van der Waals surface area contributed by atoms with E-state index < -0.39 is 0 Å². The van der Waals surface area contributed by atoms with Gasteiger partial charge in [-0.3, -0.25) is 9.78 Å². The second-order valence-electron chi connectivity index (χ2n) is 2.78. The van der Waals surface area contributed by atoms with Crippen molar-refractivity contribution in [1.29, 1.82) is 0 Å². The number of aryl methyl sites for hydroxylation is 1. The van der Waals surface area contributed by atoms with Gasteiger partial charge in [0.2, 0.25) is 0 Å². The molecule has 0 atom stereocenters. The van der Waals surface area contributed by atoms with E-state index in [1.807, 2.05) is 32.0 Å². The van der Waals surface area contributed by atoms with Crippen LogP contribution in [0.4, 0.5) is 0 Å². The molecule has 0 saturated carbocycles. The van der Waals surface area contributed by atoms with Gasteiger partial charge < -0.3 is 0 Å². The lowest BCUT2D eigenvalue weighted by Crippen LogP contribution is -1.93. The lowest BCUT2D eigenvalue weighted by atomic mass is 10.3. The SMILES string of the molecule is CCC(=O)SCc1cccc(C)n1. The molecular weight excluding hydrogens is 182 g/mol. The monoisotopic (exact) mass is 195 g/mol. The number of hydrogen-bond donors (Lipinski definition) is 0. The van der Waals surface area contributed by atoms with Crippen molar-refractivity contribution >= 4 is 16.9 Å². The topological polar surface area (TPSA) is 30.0 Å². The normalized spacial score (nSPS) is 10.0. The van der Waals surface area contributed by atoms with E-state index in [1.54, 1.807) is 0 Å². The average Bonchev–Trinajstić information content (AvgIpc) is 2.14. The molecule has 1 aromatic rings. The third-order valence-corrected chi connectivity index (χ3v) is 2.67. The van der Waals surface area contributed by atoms with Crippen molar-refractivity contribution in [2.45, 2.75) is 26.0 Å². The Balaban J connectivity index is 2.50. The molecule has 1 heterocycles. The molecule has 0 aliphatic heterocycles. The van der Waals surface area contributed by atoms with Crippen molar-refractivity contribution in [1.82, 2.24) is 4.98 Å². The molecule has 3 heteroatoms. The van der Waals surface area contributed by atoms with E-state index in [1.165, 1.54) is 11.8 Å². The first-order chi connectivity index (χ1) is 6.22. The number of aromatic nitrogens is 1. The highest BCUT2D eigenvalue weighted by Gasteiger charge is 2.00. The molecular formula is C10H13NOS. The highest BCUT2D eigenvalue weighted by Crippen LogP contribution is 2.12. The lowest BCUT2D eigenvalue weighted by Gasteiger charge is -1.99. The average molecular weight is 195 g/mol. The van der Waals surface area contributed by atoms with Gasteiger partial charge in [0.15, 0.2) is 5.12 Å². The van der Waals surface area contributed by atoms with Crippen LogP contribution in [-0.4, -0.2) is 10.1 Å². The van der Waals surface area contributed by atoms with Crippen LogP contribution in [-0.2, 0) is 10.5 Å². The molecule has 1 aromatic heterocycles. The molecule has 0 radical (unpaired) electrons. The Morgan fingerprint density at radius 2 is 2.31 bits per heavy atom. The van der Waals surface area contributed by atoms with E-state index in [2.05, 4.69) is 4.98 Å². The fourth-order valence-electron chi connectivity index (χ4n) is 0.936.